The van der Waals surface area contributed by atoms with Gasteiger partial charge in [-0.05, 0) is 43.0 Å². The Kier molecular flexibility index (Phi) is 7.53. The van der Waals surface area contributed by atoms with E-state index in [2.05, 4.69) is 0 Å². The molecular weight excluding hydrogens is 406 g/mol. The number of amides is 1. The Morgan fingerprint density at radius 2 is 1.77 bits per heavy atom. The van der Waals surface area contributed by atoms with Crippen molar-refractivity contribution in [2.24, 2.45) is 0 Å². The van der Waals surface area contributed by atoms with Gasteiger partial charge in [0.05, 0.1) is 18.6 Å². The van der Waals surface area contributed by atoms with E-state index in [-0.39, 0.29) is 36.1 Å². The second kappa shape index (κ2) is 10.1. The Labute approximate surface area is 178 Å². The number of esters is 1. The molecule has 1 atom stereocenters. The second-order valence-electron chi connectivity index (χ2n) is 7.86. The Morgan fingerprint density at radius 3 is 2.37 bits per heavy atom. The third-order valence-corrected chi connectivity index (χ3v) is 7.47. The zero-order valence-corrected chi connectivity index (χ0v) is 18.1. The number of methoxy groups -OCH3 is 1. The highest BCUT2D eigenvalue weighted by atomic mass is 32.2. The van der Waals surface area contributed by atoms with Crippen LogP contribution in [-0.2, 0) is 24.2 Å². The molecule has 1 aliphatic heterocycles. The number of benzene rings is 1. The number of ether oxygens (including phenoxy) is 2. The maximum atomic E-state index is 12.9. The quantitative estimate of drug-likeness (QED) is 0.483. The molecule has 1 saturated carbocycles. The van der Waals surface area contributed by atoms with Crippen molar-refractivity contribution in [3.8, 4) is 5.75 Å². The van der Waals surface area contributed by atoms with E-state index in [0.717, 1.165) is 43.4 Å². The van der Waals surface area contributed by atoms with Gasteiger partial charge >= 0.3 is 5.97 Å². The molecule has 3 rings (SSSR count). The molecule has 0 bridgehead atoms. The van der Waals surface area contributed by atoms with E-state index in [1.54, 1.807) is 42.4 Å². The molecule has 164 valence electrons. The maximum absolute atomic E-state index is 12.9. The Bertz CT molecular complexity index is 871. The van der Waals surface area contributed by atoms with Crippen molar-refractivity contribution < 1.29 is 27.5 Å². The molecule has 30 heavy (non-hydrogen) atoms. The fourth-order valence-electron chi connectivity index (χ4n) is 4.19. The molecule has 0 radical (unpaired) electrons. The second-order valence-corrected chi connectivity index (χ2v) is 10.1. The number of nitrogens with zero attached hydrogens (tertiary/aromatic N) is 1. The molecule has 1 amide bonds. The van der Waals surface area contributed by atoms with Crippen LogP contribution in [0.4, 0.5) is 0 Å². The third-order valence-electron chi connectivity index (χ3n) is 5.72. The summed E-state index contributed by atoms with van der Waals surface area (Å²) in [5.41, 5.74) is 0.805. The summed E-state index contributed by atoms with van der Waals surface area (Å²) in [6, 6.07) is 6.88. The van der Waals surface area contributed by atoms with Crippen molar-refractivity contribution in [1.29, 1.82) is 0 Å². The summed E-state index contributed by atoms with van der Waals surface area (Å²) in [5.74, 6) is -0.0897. The van der Waals surface area contributed by atoms with E-state index >= 15 is 0 Å². The van der Waals surface area contributed by atoms with Crippen LogP contribution in [0.5, 0.6) is 5.75 Å². The molecule has 1 aromatic rings. The van der Waals surface area contributed by atoms with Crippen LogP contribution in [0.3, 0.4) is 0 Å². The molecular formula is C22H29NO6S. The fraction of sp³-hybridized carbons (Fsp3) is 0.545. The van der Waals surface area contributed by atoms with Gasteiger partial charge in [0.15, 0.2) is 16.4 Å². The number of sulfone groups is 1. The van der Waals surface area contributed by atoms with Crippen LogP contribution in [0, 0.1) is 0 Å². The summed E-state index contributed by atoms with van der Waals surface area (Å²) < 4.78 is 34.1. The monoisotopic (exact) mass is 435 g/mol. The summed E-state index contributed by atoms with van der Waals surface area (Å²) in [4.78, 5) is 26.7. The van der Waals surface area contributed by atoms with Gasteiger partial charge in [-0.15, -0.1) is 0 Å². The van der Waals surface area contributed by atoms with Crippen LogP contribution in [0.25, 0.3) is 6.08 Å². The topological polar surface area (TPSA) is 90.0 Å². The Morgan fingerprint density at radius 1 is 1.07 bits per heavy atom. The highest BCUT2D eigenvalue weighted by molar-refractivity contribution is 7.91. The van der Waals surface area contributed by atoms with Crippen LogP contribution in [-0.4, -0.2) is 62.5 Å². The Hall–Kier alpha value is -2.35. The number of carbonyl (C=O) groups excluding carboxylic acids is 2. The number of hydrogen-bond donors (Lipinski definition) is 0. The van der Waals surface area contributed by atoms with Crippen LogP contribution >= 0.6 is 0 Å². The van der Waals surface area contributed by atoms with Crippen molar-refractivity contribution in [2.75, 3.05) is 25.2 Å². The largest absolute Gasteiger partial charge is 0.497 e. The molecule has 7 nitrogen and oxygen atoms in total. The van der Waals surface area contributed by atoms with Crippen molar-refractivity contribution in [3.05, 3.63) is 35.9 Å². The minimum absolute atomic E-state index is 0.000554. The van der Waals surface area contributed by atoms with E-state index < -0.39 is 15.8 Å². The van der Waals surface area contributed by atoms with Gasteiger partial charge in [0.2, 0.25) is 0 Å². The van der Waals surface area contributed by atoms with Crippen LogP contribution in [0.1, 0.15) is 44.1 Å². The fourth-order valence-corrected chi connectivity index (χ4v) is 5.91. The zero-order chi connectivity index (χ0) is 21.6. The van der Waals surface area contributed by atoms with E-state index in [4.69, 9.17) is 9.47 Å². The van der Waals surface area contributed by atoms with E-state index in [9.17, 15) is 18.0 Å². The van der Waals surface area contributed by atoms with Crippen molar-refractivity contribution in [3.63, 3.8) is 0 Å². The molecule has 1 saturated heterocycles. The van der Waals surface area contributed by atoms with Crippen molar-refractivity contribution >= 4 is 27.8 Å². The van der Waals surface area contributed by atoms with Gasteiger partial charge < -0.3 is 14.4 Å². The van der Waals surface area contributed by atoms with E-state index in [1.807, 2.05) is 0 Å². The molecule has 8 heteroatoms. The molecule has 2 aliphatic rings. The summed E-state index contributed by atoms with van der Waals surface area (Å²) in [6.07, 6.45) is 8.26. The lowest BCUT2D eigenvalue weighted by Crippen LogP contribution is -2.50. The number of rotatable bonds is 7. The van der Waals surface area contributed by atoms with E-state index in [1.165, 1.54) is 6.08 Å². The minimum atomic E-state index is -3.11. The Balaban J connectivity index is 1.59. The minimum Gasteiger partial charge on any atom is -0.497 e. The average molecular weight is 436 g/mol. The first-order chi connectivity index (χ1) is 14.4. The first-order valence-electron chi connectivity index (χ1n) is 10.4. The van der Waals surface area contributed by atoms with Gasteiger partial charge in [0, 0.05) is 18.2 Å². The summed E-state index contributed by atoms with van der Waals surface area (Å²) in [7, 11) is -1.53. The van der Waals surface area contributed by atoms with Gasteiger partial charge in [-0.2, -0.15) is 0 Å². The number of hydrogen-bond acceptors (Lipinski definition) is 6. The smallest absolute Gasteiger partial charge is 0.331 e. The van der Waals surface area contributed by atoms with Crippen molar-refractivity contribution in [1.82, 2.24) is 4.90 Å². The molecule has 1 aliphatic carbocycles. The summed E-state index contributed by atoms with van der Waals surface area (Å²) in [5, 5.41) is 0. The predicted octanol–water partition coefficient (Wildman–Crippen LogP) is 2.60. The summed E-state index contributed by atoms with van der Waals surface area (Å²) in [6.45, 7) is -0.376. The highest BCUT2D eigenvalue weighted by Crippen LogP contribution is 2.28. The first-order valence-corrected chi connectivity index (χ1v) is 12.2. The van der Waals surface area contributed by atoms with Gasteiger partial charge in [-0.1, -0.05) is 31.4 Å². The maximum Gasteiger partial charge on any atom is 0.331 e. The lowest BCUT2D eigenvalue weighted by molar-refractivity contribution is -0.151. The molecule has 1 aromatic carbocycles. The average Bonchev–Trinajstić information content (AvgIpc) is 3.11. The molecule has 1 heterocycles. The molecule has 1 unspecified atom stereocenters. The number of carbonyl (C=O) groups is 2. The normalized spacial score (nSPS) is 21.4. The van der Waals surface area contributed by atoms with Gasteiger partial charge in [0.25, 0.3) is 5.91 Å². The SMILES string of the molecule is COc1ccc(C=CC(=O)OCC(=O)N(C2CCCCC2)C2CCS(=O)(=O)C2)cc1. The lowest BCUT2D eigenvalue weighted by Gasteiger charge is -2.38. The molecule has 0 spiro atoms. The lowest BCUT2D eigenvalue weighted by atomic mass is 9.93. The predicted molar refractivity (Wildman–Crippen MR) is 114 cm³/mol. The van der Waals surface area contributed by atoms with Crippen LogP contribution in [0.15, 0.2) is 30.3 Å². The summed E-state index contributed by atoms with van der Waals surface area (Å²) >= 11 is 0. The van der Waals surface area contributed by atoms with Crippen LogP contribution in [0.2, 0.25) is 0 Å². The molecule has 2 fully saturated rings. The molecule has 0 aromatic heterocycles. The molecule has 0 N–H and O–H groups in total. The zero-order valence-electron chi connectivity index (χ0n) is 17.3. The van der Waals surface area contributed by atoms with E-state index in [0.29, 0.717) is 6.42 Å². The van der Waals surface area contributed by atoms with Gasteiger partial charge in [0.1, 0.15) is 5.75 Å². The van der Waals surface area contributed by atoms with Gasteiger partial charge in [-0.25, -0.2) is 13.2 Å². The first kappa shape index (κ1) is 22.3. The third kappa shape index (κ3) is 6.08. The highest BCUT2D eigenvalue weighted by Gasteiger charge is 2.38. The van der Waals surface area contributed by atoms with Crippen molar-refractivity contribution in [2.45, 2.75) is 50.6 Å². The van der Waals surface area contributed by atoms with Gasteiger partial charge in [-0.3, -0.25) is 4.79 Å². The standard InChI is InChI=1S/C22H29NO6S/c1-28-20-10-7-17(8-11-20)9-12-22(25)29-15-21(24)23(18-5-3-2-4-6-18)19-13-14-30(26,27)16-19/h7-12,18-19H,2-6,13-16H2,1H3. The van der Waals surface area contributed by atoms with Crippen LogP contribution < -0.4 is 4.74 Å².